The Morgan fingerprint density at radius 3 is 1.00 bits per heavy atom. The first-order valence-electron chi connectivity index (χ1n) is 15.0. The summed E-state index contributed by atoms with van der Waals surface area (Å²) < 4.78 is 1.54. The van der Waals surface area contributed by atoms with Crippen molar-refractivity contribution in [3.63, 3.8) is 0 Å². The third-order valence-electron chi connectivity index (χ3n) is 7.24. The topological polar surface area (TPSA) is 0 Å². The fraction of sp³-hybridized carbons (Fsp3) is 0.724. The molecule has 0 aliphatic carbocycles. The van der Waals surface area contributed by atoms with Gasteiger partial charge in [-0.15, -0.1) is 0 Å². The fourth-order valence-electron chi connectivity index (χ4n) is 8.32. The summed E-state index contributed by atoms with van der Waals surface area (Å²) in [6.07, 6.45) is 0. The van der Waals surface area contributed by atoms with Gasteiger partial charge in [0.05, 0.1) is 0 Å². The molecular weight excluding hydrogens is 677 g/mol. The molecule has 0 aromatic heterocycles. The first kappa shape index (κ1) is 42.8. The zero-order valence-corrected chi connectivity index (χ0v) is 41.6. The smallest absolute Gasteiger partial charge is 0.0306 e. The normalized spacial score (nSPS) is 14.5. The van der Waals surface area contributed by atoms with E-state index in [2.05, 4.69) is 190 Å². The van der Waals surface area contributed by atoms with Gasteiger partial charge in [-0.3, -0.25) is 0 Å². The Labute approximate surface area is 265 Å². The molecule has 1 aromatic rings. The molecule has 39 heavy (non-hydrogen) atoms. The summed E-state index contributed by atoms with van der Waals surface area (Å²) in [7, 11) is -6.00. The van der Waals surface area contributed by atoms with Crippen LogP contribution in [0.25, 0.3) is 4.41 Å². The van der Waals surface area contributed by atoms with E-state index < -0.39 is 52.2 Å². The maximum absolute atomic E-state index is 2.88. The van der Waals surface area contributed by atoms with Crippen LogP contribution >= 0.6 is 7.92 Å². The Morgan fingerprint density at radius 2 is 0.821 bits per heavy atom. The van der Waals surface area contributed by atoms with Gasteiger partial charge in [0.1, 0.15) is 0 Å². The molecule has 0 saturated heterocycles. The summed E-state index contributed by atoms with van der Waals surface area (Å²) in [6.45, 7) is 52.8. The first-order valence-corrected chi connectivity index (χ1v) is 49.6. The van der Waals surface area contributed by atoms with E-state index in [0.717, 1.165) is 0 Å². The van der Waals surface area contributed by atoms with Crippen LogP contribution in [0.2, 0.25) is 118 Å². The average molecular weight is 747 g/mol. The van der Waals surface area contributed by atoms with E-state index >= 15 is 0 Å². The molecule has 4 radical (unpaired) electrons. The molecular formula is C29H70GePSi8+. The SMILES string of the molecule is C[PH+](C)C.C[Si](C)(C)[Si](/C=[C](/[Ge])c1ccccc1)([Si](C)(C)C)[Si](C)(C)C.C[Si](C)(C)[Si]([Si](C)(C)C)[Si](C)(C)C. The van der Waals surface area contributed by atoms with Gasteiger partial charge in [-0.05, 0) is 7.92 Å². The van der Waals surface area contributed by atoms with Crippen LogP contribution in [0.1, 0.15) is 5.56 Å². The summed E-state index contributed by atoms with van der Waals surface area (Å²) in [5, 5.41) is 0. The van der Waals surface area contributed by atoms with Crippen LogP contribution < -0.4 is 0 Å². The standard InChI is InChI=1S/C17H33GeSi4.C9H27Si4.C3H9P/c1-19(2,3)22(20(4,5)6,21(7,8)9)15-17(18)16-13-11-10-12-14-16;1-11(2,3)10(12(4,5)6)13(7,8)9;1-4(2)3/h10-15H,1-9H3;1-9H3;1-3H3/p+1/b17-15+;;. The van der Waals surface area contributed by atoms with Crippen LogP contribution in [-0.4, -0.2) is 96.0 Å². The minimum atomic E-state index is -1.39. The van der Waals surface area contributed by atoms with Gasteiger partial charge in [0, 0.05) is 50.1 Å². The molecule has 0 unspecified atom stereocenters. The average Bonchev–Trinajstić information content (AvgIpc) is 2.59. The number of hydrogen-bond donors (Lipinski definition) is 0. The molecule has 0 saturated carbocycles. The van der Waals surface area contributed by atoms with E-state index in [9.17, 15) is 0 Å². The molecule has 0 spiro atoms. The second kappa shape index (κ2) is 15.6. The quantitative estimate of drug-likeness (QED) is 0.184. The van der Waals surface area contributed by atoms with Gasteiger partial charge in [0.25, 0.3) is 0 Å². The van der Waals surface area contributed by atoms with Gasteiger partial charge in [-0.1, -0.05) is 58.9 Å². The summed E-state index contributed by atoms with van der Waals surface area (Å²) in [6, 6.07) is 11.0. The van der Waals surface area contributed by atoms with Crippen molar-refractivity contribution in [2.45, 2.75) is 118 Å². The van der Waals surface area contributed by atoms with E-state index in [1.807, 2.05) is 0 Å². The first-order chi connectivity index (χ1) is 16.8. The van der Waals surface area contributed by atoms with Crippen LogP contribution in [-0.2, 0) is 0 Å². The molecule has 0 heterocycles. The van der Waals surface area contributed by atoms with Crippen LogP contribution in [0.3, 0.4) is 0 Å². The molecule has 10 heteroatoms. The predicted molar refractivity (Wildman–Crippen MR) is 218 cm³/mol. The van der Waals surface area contributed by atoms with Crippen molar-refractivity contribution >= 4 is 88.4 Å². The number of hydrogen-bond acceptors (Lipinski definition) is 0. The molecule has 1 aromatic carbocycles. The van der Waals surface area contributed by atoms with Crippen molar-refractivity contribution in [3.05, 3.63) is 41.6 Å². The molecule has 0 amide bonds. The Bertz CT molecular complexity index is 804. The molecule has 1 rings (SSSR count). The minimum absolute atomic E-state index is 0.0255. The predicted octanol–water partition coefficient (Wildman–Crippen LogP) is 10.3. The largest absolute Gasteiger partial charge is 0.0721 e. The van der Waals surface area contributed by atoms with Crippen LogP contribution in [0, 0.1) is 0 Å². The zero-order chi connectivity index (χ0) is 32.1. The molecule has 0 aliphatic rings. The van der Waals surface area contributed by atoms with E-state index in [4.69, 9.17) is 0 Å². The van der Waals surface area contributed by atoms with Crippen LogP contribution in [0.15, 0.2) is 36.0 Å². The fourth-order valence-corrected chi connectivity index (χ4v) is 195. The third-order valence-corrected chi connectivity index (χ3v) is 138. The molecule has 0 N–H and O–H groups in total. The van der Waals surface area contributed by atoms with E-state index in [-0.39, 0.29) is 15.3 Å². The molecule has 0 aliphatic heterocycles. The van der Waals surface area contributed by atoms with Gasteiger partial charge >= 0.3 is 151 Å². The van der Waals surface area contributed by atoms with E-state index in [1.54, 1.807) is 4.41 Å². The van der Waals surface area contributed by atoms with Crippen molar-refractivity contribution in [1.82, 2.24) is 0 Å². The van der Waals surface area contributed by atoms with Gasteiger partial charge in [-0.2, -0.15) is 0 Å². The third kappa shape index (κ3) is 13.9. The van der Waals surface area contributed by atoms with Crippen molar-refractivity contribution in [2.75, 3.05) is 20.0 Å². The van der Waals surface area contributed by atoms with Gasteiger partial charge in [-0.25, -0.2) is 0 Å². The minimum Gasteiger partial charge on any atom is -0.0721 e. The Hall–Kier alpha value is 1.67. The summed E-state index contributed by atoms with van der Waals surface area (Å²) in [5.74, 6) is 0. The van der Waals surface area contributed by atoms with Gasteiger partial charge in [0.2, 0.25) is 0 Å². The summed E-state index contributed by atoms with van der Waals surface area (Å²) in [5.41, 5.74) is 4.31. The Balaban J connectivity index is 0. The molecule has 0 nitrogen and oxygen atoms in total. The molecule has 0 atom stereocenters. The maximum atomic E-state index is 2.88. The second-order valence-corrected chi connectivity index (χ2v) is 99.5. The van der Waals surface area contributed by atoms with Crippen LogP contribution in [0.5, 0.6) is 0 Å². The number of rotatable bonds is 8. The zero-order valence-electron chi connectivity index (χ0n) is 30.5. The van der Waals surface area contributed by atoms with Crippen molar-refractivity contribution in [3.8, 4) is 0 Å². The molecule has 226 valence electrons. The van der Waals surface area contributed by atoms with E-state index in [0.29, 0.717) is 0 Å². The van der Waals surface area contributed by atoms with Gasteiger partial charge in [0.15, 0.2) is 0 Å². The molecule has 0 bridgehead atoms. The van der Waals surface area contributed by atoms with Crippen molar-refractivity contribution in [1.29, 1.82) is 0 Å². The monoisotopic (exact) mass is 747 g/mol. The van der Waals surface area contributed by atoms with Crippen molar-refractivity contribution < 1.29 is 0 Å². The van der Waals surface area contributed by atoms with Gasteiger partial charge < -0.3 is 0 Å². The van der Waals surface area contributed by atoms with Crippen molar-refractivity contribution in [2.24, 2.45) is 0 Å². The van der Waals surface area contributed by atoms with E-state index in [1.165, 1.54) is 5.56 Å². The number of benzene rings is 1. The summed E-state index contributed by atoms with van der Waals surface area (Å²) in [4.78, 5) is 0. The second-order valence-electron chi connectivity index (χ2n) is 18.1. The maximum Gasteiger partial charge on any atom is 0.0306 e. The summed E-state index contributed by atoms with van der Waals surface area (Å²) >= 11 is 2.36. The Kier molecular flexibility index (Phi) is 17.1. The van der Waals surface area contributed by atoms with Crippen LogP contribution in [0.4, 0.5) is 0 Å². The molecule has 0 fully saturated rings. The Morgan fingerprint density at radius 1 is 0.564 bits per heavy atom.